The first-order valence-corrected chi connectivity index (χ1v) is 17.5. The van der Waals surface area contributed by atoms with Gasteiger partial charge < -0.3 is 8.83 Å². The smallest absolute Gasteiger partial charge is 0.143 e. The Morgan fingerprint density at radius 3 is 1.00 bits per heavy atom. The van der Waals surface area contributed by atoms with Gasteiger partial charge in [-0.3, -0.25) is 0 Å². The minimum atomic E-state index is 0.884. The maximum atomic E-state index is 6.75. The maximum Gasteiger partial charge on any atom is 0.143 e. The van der Waals surface area contributed by atoms with Crippen molar-refractivity contribution < 1.29 is 8.83 Å². The van der Waals surface area contributed by atoms with Gasteiger partial charge in [-0.15, -0.1) is 0 Å². The van der Waals surface area contributed by atoms with Gasteiger partial charge in [-0.2, -0.15) is 0 Å². The van der Waals surface area contributed by atoms with Gasteiger partial charge in [0.1, 0.15) is 22.3 Å². The molecule has 1 aliphatic rings. The van der Waals surface area contributed by atoms with Gasteiger partial charge in [0.2, 0.25) is 0 Å². The normalized spacial score (nSPS) is 12.2. The number of hydrogen-bond donors (Lipinski definition) is 0. The standard InChI is InChI=1S/C49H30O2/c1-3-11-30(12-4-1)38-15-7-19-42-44-21-9-17-40(48(44)50-46(38)42)32-23-25-36-34(27-32)29-35-28-33(24-26-37(35)36)41-18-10-22-45-43-20-8-16-39(47(43)51-49(41)45)31-13-5-2-6-14-31/h1-28H,29H2. The van der Waals surface area contributed by atoms with E-state index in [2.05, 4.69) is 170 Å². The van der Waals surface area contributed by atoms with Gasteiger partial charge in [-0.05, 0) is 50.9 Å². The highest BCUT2D eigenvalue weighted by Gasteiger charge is 2.23. The Labute approximate surface area is 294 Å². The van der Waals surface area contributed by atoms with Crippen molar-refractivity contribution in [2.75, 3.05) is 0 Å². The first-order valence-electron chi connectivity index (χ1n) is 17.5. The van der Waals surface area contributed by atoms with Gasteiger partial charge in [0.25, 0.3) is 0 Å². The van der Waals surface area contributed by atoms with Gasteiger partial charge in [-0.1, -0.05) is 170 Å². The van der Waals surface area contributed by atoms with E-state index in [0.717, 1.165) is 83.7 Å². The molecule has 8 aromatic carbocycles. The van der Waals surface area contributed by atoms with Gasteiger partial charge in [0, 0.05) is 43.8 Å². The minimum Gasteiger partial charge on any atom is -0.455 e. The van der Waals surface area contributed by atoms with Crippen LogP contribution >= 0.6 is 0 Å². The summed E-state index contributed by atoms with van der Waals surface area (Å²) in [5.74, 6) is 0. The van der Waals surface area contributed by atoms with Crippen LogP contribution in [0.4, 0.5) is 0 Å². The van der Waals surface area contributed by atoms with Crippen molar-refractivity contribution in [2.24, 2.45) is 0 Å². The van der Waals surface area contributed by atoms with E-state index in [1.54, 1.807) is 0 Å². The molecule has 238 valence electrons. The average molecular weight is 651 g/mol. The third kappa shape index (κ3) is 4.30. The molecule has 1 aliphatic carbocycles. The lowest BCUT2D eigenvalue weighted by Crippen LogP contribution is -1.85. The fourth-order valence-electron chi connectivity index (χ4n) is 8.33. The molecule has 2 nitrogen and oxygen atoms in total. The Balaban J connectivity index is 0.982. The molecular weight excluding hydrogens is 621 g/mol. The fraction of sp³-hybridized carbons (Fsp3) is 0.0204. The first kappa shape index (κ1) is 28.2. The molecule has 0 atom stereocenters. The Morgan fingerprint density at radius 2 is 0.627 bits per heavy atom. The molecule has 2 aromatic heterocycles. The van der Waals surface area contributed by atoms with E-state index < -0.39 is 0 Å². The van der Waals surface area contributed by atoms with Gasteiger partial charge in [0.05, 0.1) is 0 Å². The Bertz CT molecular complexity index is 2780. The van der Waals surface area contributed by atoms with Crippen molar-refractivity contribution in [2.45, 2.75) is 6.42 Å². The summed E-state index contributed by atoms with van der Waals surface area (Å²) >= 11 is 0. The molecule has 0 bridgehead atoms. The van der Waals surface area contributed by atoms with Crippen molar-refractivity contribution in [3.05, 3.63) is 181 Å². The molecule has 0 amide bonds. The molecule has 10 aromatic rings. The predicted molar refractivity (Wildman–Crippen MR) is 211 cm³/mol. The van der Waals surface area contributed by atoms with E-state index in [9.17, 15) is 0 Å². The number of benzene rings is 8. The number of rotatable bonds is 4. The van der Waals surface area contributed by atoms with Crippen LogP contribution in [0.15, 0.2) is 179 Å². The van der Waals surface area contributed by atoms with Crippen LogP contribution in [0.25, 0.3) is 99.5 Å². The first-order chi connectivity index (χ1) is 25.3. The summed E-state index contributed by atoms with van der Waals surface area (Å²) in [4.78, 5) is 0. The SMILES string of the molecule is c1ccc(-c2cccc3c2oc2c(-c4ccc5c(c4)Cc4cc(-c6cccc7c6oc6c(-c8ccccc8)cccc67)ccc4-5)cccc23)cc1. The zero-order chi connectivity index (χ0) is 33.5. The van der Waals surface area contributed by atoms with Crippen LogP contribution in [0.3, 0.4) is 0 Å². The van der Waals surface area contributed by atoms with E-state index in [0.29, 0.717) is 0 Å². The lowest BCUT2D eigenvalue weighted by molar-refractivity contribution is 0.670. The van der Waals surface area contributed by atoms with Gasteiger partial charge in [-0.25, -0.2) is 0 Å². The van der Waals surface area contributed by atoms with Crippen LogP contribution < -0.4 is 0 Å². The van der Waals surface area contributed by atoms with Crippen LogP contribution in [0, 0.1) is 0 Å². The zero-order valence-corrected chi connectivity index (χ0v) is 27.7. The Kier molecular flexibility index (Phi) is 6.05. The maximum absolute atomic E-state index is 6.75. The molecule has 2 heterocycles. The van der Waals surface area contributed by atoms with Crippen LogP contribution in [0.1, 0.15) is 11.1 Å². The molecule has 11 rings (SSSR count). The van der Waals surface area contributed by atoms with E-state index >= 15 is 0 Å². The van der Waals surface area contributed by atoms with Gasteiger partial charge in [0.15, 0.2) is 0 Å². The number of furan rings is 2. The van der Waals surface area contributed by atoms with E-state index in [-0.39, 0.29) is 0 Å². The molecule has 2 heteroatoms. The van der Waals surface area contributed by atoms with E-state index in [4.69, 9.17) is 8.83 Å². The highest BCUT2D eigenvalue weighted by atomic mass is 16.3. The second-order valence-corrected chi connectivity index (χ2v) is 13.6. The zero-order valence-electron chi connectivity index (χ0n) is 27.7. The molecule has 0 radical (unpaired) electrons. The molecule has 0 N–H and O–H groups in total. The molecule has 0 aliphatic heterocycles. The largest absolute Gasteiger partial charge is 0.455 e. The van der Waals surface area contributed by atoms with E-state index in [1.165, 1.54) is 33.4 Å². The summed E-state index contributed by atoms with van der Waals surface area (Å²) in [5.41, 5.74) is 18.2. The molecule has 0 saturated heterocycles. The van der Waals surface area contributed by atoms with Gasteiger partial charge >= 0.3 is 0 Å². The van der Waals surface area contributed by atoms with E-state index in [1.807, 2.05) is 0 Å². The molecule has 0 unspecified atom stereocenters. The number of para-hydroxylation sites is 4. The molecule has 0 spiro atoms. The molecular formula is C49H30O2. The van der Waals surface area contributed by atoms with Crippen molar-refractivity contribution in [3.8, 4) is 55.6 Å². The van der Waals surface area contributed by atoms with Crippen molar-refractivity contribution in [3.63, 3.8) is 0 Å². The lowest BCUT2D eigenvalue weighted by atomic mass is 9.96. The summed E-state index contributed by atoms with van der Waals surface area (Å²) in [6.07, 6.45) is 0.884. The topological polar surface area (TPSA) is 26.3 Å². The van der Waals surface area contributed by atoms with Crippen LogP contribution in [0.5, 0.6) is 0 Å². The third-order valence-electron chi connectivity index (χ3n) is 10.7. The minimum absolute atomic E-state index is 0.884. The summed E-state index contributed by atoms with van der Waals surface area (Å²) in [7, 11) is 0. The summed E-state index contributed by atoms with van der Waals surface area (Å²) in [5, 5.41) is 4.57. The van der Waals surface area contributed by atoms with Crippen LogP contribution in [-0.2, 0) is 6.42 Å². The monoisotopic (exact) mass is 650 g/mol. The number of hydrogen-bond acceptors (Lipinski definition) is 2. The summed E-state index contributed by atoms with van der Waals surface area (Å²) in [6.45, 7) is 0. The third-order valence-corrected chi connectivity index (χ3v) is 10.7. The second-order valence-electron chi connectivity index (χ2n) is 13.6. The predicted octanol–water partition coefficient (Wildman–Crippen LogP) is 13.7. The van der Waals surface area contributed by atoms with Crippen molar-refractivity contribution in [1.82, 2.24) is 0 Å². The van der Waals surface area contributed by atoms with Crippen LogP contribution in [0.2, 0.25) is 0 Å². The highest BCUT2D eigenvalue weighted by Crippen LogP contribution is 2.45. The molecule has 51 heavy (non-hydrogen) atoms. The summed E-state index contributed by atoms with van der Waals surface area (Å²) < 4.78 is 13.5. The molecule has 0 saturated carbocycles. The highest BCUT2D eigenvalue weighted by molar-refractivity contribution is 6.14. The average Bonchev–Trinajstić information content (AvgIpc) is 3.89. The van der Waals surface area contributed by atoms with Crippen LogP contribution in [-0.4, -0.2) is 0 Å². The molecule has 0 fully saturated rings. The Hall–Kier alpha value is -6.64. The lowest BCUT2D eigenvalue weighted by Gasteiger charge is -2.07. The second kappa shape index (κ2) is 10.9. The Morgan fingerprint density at radius 1 is 0.275 bits per heavy atom. The quantitative estimate of drug-likeness (QED) is 0.189. The van der Waals surface area contributed by atoms with Crippen molar-refractivity contribution >= 4 is 43.9 Å². The fourth-order valence-corrected chi connectivity index (χ4v) is 8.33. The van der Waals surface area contributed by atoms with Crippen molar-refractivity contribution in [1.29, 1.82) is 0 Å². The number of fused-ring (bicyclic) bond motifs is 9. The summed E-state index contributed by atoms with van der Waals surface area (Å²) in [6, 6.07) is 60.7.